The quantitative estimate of drug-likeness (QED) is 0.800. The minimum absolute atomic E-state index is 0.0877. The second-order valence-corrected chi connectivity index (χ2v) is 5.57. The maximum Gasteiger partial charge on any atom is 0.195 e. The van der Waals surface area contributed by atoms with Crippen LogP contribution in [0.4, 0.5) is 4.39 Å². The van der Waals surface area contributed by atoms with Gasteiger partial charge in [0, 0.05) is 16.5 Å². The zero-order valence-corrected chi connectivity index (χ0v) is 10.8. The molecule has 3 rings (SSSR count). The van der Waals surface area contributed by atoms with Gasteiger partial charge in [-0.15, -0.1) is 11.3 Å². The first kappa shape index (κ1) is 11.7. The Labute approximate surface area is 111 Å². The summed E-state index contributed by atoms with van der Waals surface area (Å²) < 4.78 is 15.0. The summed E-state index contributed by atoms with van der Waals surface area (Å²) in [4.78, 5) is 6.04. The lowest BCUT2D eigenvalue weighted by Gasteiger charge is -2.01. The molecule has 0 fully saturated rings. The molecule has 2 aromatic heterocycles. The van der Waals surface area contributed by atoms with Gasteiger partial charge in [0.05, 0.1) is 12.3 Å². The predicted octanol–water partition coefficient (Wildman–Crippen LogP) is 3.18. The Hall–Kier alpha value is -1.37. The van der Waals surface area contributed by atoms with E-state index in [9.17, 15) is 9.50 Å². The highest BCUT2D eigenvalue weighted by Gasteiger charge is 2.13. The van der Waals surface area contributed by atoms with Crippen LogP contribution in [-0.2, 0) is 6.61 Å². The molecule has 0 saturated heterocycles. The van der Waals surface area contributed by atoms with Gasteiger partial charge in [-0.25, -0.2) is 9.37 Å². The first-order valence-electron chi connectivity index (χ1n) is 5.26. The highest BCUT2D eigenvalue weighted by atomic mass is 32.2. The molecular formula is C12H9FN2OS2. The van der Waals surface area contributed by atoms with Crippen LogP contribution in [0.15, 0.2) is 45.8 Å². The van der Waals surface area contributed by atoms with Crippen LogP contribution in [0.3, 0.4) is 0 Å². The number of nitrogens with zero attached hydrogens (tertiary/aromatic N) is 2. The monoisotopic (exact) mass is 280 g/mol. The molecule has 0 spiro atoms. The fourth-order valence-electron chi connectivity index (χ4n) is 1.68. The number of fused-ring (bicyclic) bond motifs is 1. The maximum atomic E-state index is 13.1. The third kappa shape index (κ3) is 2.03. The molecule has 0 saturated carbocycles. The van der Waals surface area contributed by atoms with Gasteiger partial charge in [0.1, 0.15) is 10.8 Å². The van der Waals surface area contributed by atoms with E-state index in [1.54, 1.807) is 6.07 Å². The minimum Gasteiger partial charge on any atom is -0.390 e. The average Bonchev–Trinajstić information content (AvgIpc) is 2.89. The first-order valence-corrected chi connectivity index (χ1v) is 6.96. The average molecular weight is 280 g/mol. The van der Waals surface area contributed by atoms with Crippen LogP contribution in [0.2, 0.25) is 0 Å². The van der Waals surface area contributed by atoms with E-state index in [0.717, 1.165) is 20.6 Å². The van der Waals surface area contributed by atoms with Crippen molar-refractivity contribution in [2.24, 2.45) is 0 Å². The summed E-state index contributed by atoms with van der Waals surface area (Å²) in [6.07, 6.45) is 1.87. The third-order valence-electron chi connectivity index (χ3n) is 2.48. The normalized spacial score (nSPS) is 11.2. The van der Waals surface area contributed by atoms with Crippen molar-refractivity contribution in [3.05, 3.63) is 47.4 Å². The van der Waals surface area contributed by atoms with E-state index >= 15 is 0 Å². The second kappa shape index (κ2) is 4.72. The van der Waals surface area contributed by atoms with Crippen molar-refractivity contribution in [3.8, 4) is 0 Å². The topological polar surface area (TPSA) is 37.5 Å². The van der Waals surface area contributed by atoms with Gasteiger partial charge in [0.15, 0.2) is 4.96 Å². The van der Waals surface area contributed by atoms with Gasteiger partial charge in [-0.05, 0) is 18.2 Å². The van der Waals surface area contributed by atoms with Crippen molar-refractivity contribution < 1.29 is 9.50 Å². The molecule has 0 aliphatic rings. The molecule has 0 atom stereocenters. The van der Waals surface area contributed by atoms with Gasteiger partial charge >= 0.3 is 0 Å². The van der Waals surface area contributed by atoms with Crippen molar-refractivity contribution in [3.63, 3.8) is 0 Å². The van der Waals surface area contributed by atoms with Crippen LogP contribution < -0.4 is 0 Å². The van der Waals surface area contributed by atoms with E-state index in [1.165, 1.54) is 35.2 Å². The molecule has 18 heavy (non-hydrogen) atoms. The number of aliphatic hydroxyl groups excluding tert-OH is 1. The number of halogens is 1. The Morgan fingerprint density at radius 3 is 3.11 bits per heavy atom. The number of hydrogen-bond acceptors (Lipinski definition) is 4. The van der Waals surface area contributed by atoms with Crippen molar-refractivity contribution in [2.45, 2.75) is 16.5 Å². The van der Waals surface area contributed by atoms with Crippen LogP contribution in [0.25, 0.3) is 4.96 Å². The van der Waals surface area contributed by atoms with E-state index < -0.39 is 0 Å². The Kier molecular flexibility index (Phi) is 3.07. The number of thiazole rings is 1. The van der Waals surface area contributed by atoms with E-state index in [0.29, 0.717) is 0 Å². The number of imidazole rings is 1. The summed E-state index contributed by atoms with van der Waals surface area (Å²) in [7, 11) is 0. The van der Waals surface area contributed by atoms with Crippen molar-refractivity contribution in [1.29, 1.82) is 0 Å². The summed E-state index contributed by atoms with van der Waals surface area (Å²) in [5, 5.41) is 12.0. The van der Waals surface area contributed by atoms with Crippen LogP contribution >= 0.6 is 23.1 Å². The van der Waals surface area contributed by atoms with Crippen molar-refractivity contribution in [2.75, 3.05) is 0 Å². The molecule has 0 amide bonds. The fourth-order valence-corrected chi connectivity index (χ4v) is 3.43. The lowest BCUT2D eigenvalue weighted by atomic mass is 10.4. The van der Waals surface area contributed by atoms with Gasteiger partial charge < -0.3 is 5.11 Å². The van der Waals surface area contributed by atoms with Crippen LogP contribution in [0.1, 0.15) is 5.69 Å². The summed E-state index contributed by atoms with van der Waals surface area (Å²) in [6.45, 7) is -0.0877. The van der Waals surface area contributed by atoms with Gasteiger partial charge in [-0.1, -0.05) is 17.8 Å². The first-order chi connectivity index (χ1) is 8.78. The van der Waals surface area contributed by atoms with Gasteiger partial charge in [-0.2, -0.15) is 0 Å². The molecule has 3 nitrogen and oxygen atoms in total. The van der Waals surface area contributed by atoms with Crippen LogP contribution in [0.5, 0.6) is 0 Å². The molecule has 0 unspecified atom stereocenters. The van der Waals surface area contributed by atoms with Gasteiger partial charge in [0.25, 0.3) is 0 Å². The molecule has 92 valence electrons. The molecule has 3 aromatic rings. The molecule has 0 aliphatic heterocycles. The Bertz CT molecular complexity index is 692. The van der Waals surface area contributed by atoms with Gasteiger partial charge in [-0.3, -0.25) is 4.40 Å². The Morgan fingerprint density at radius 1 is 1.44 bits per heavy atom. The molecule has 6 heteroatoms. The van der Waals surface area contributed by atoms with Gasteiger partial charge in [0.2, 0.25) is 0 Å². The van der Waals surface area contributed by atoms with Crippen LogP contribution in [-0.4, -0.2) is 14.5 Å². The smallest absolute Gasteiger partial charge is 0.195 e. The molecule has 1 N–H and O–H groups in total. The fraction of sp³-hybridized carbons (Fsp3) is 0.0833. The summed E-state index contributed by atoms with van der Waals surface area (Å²) in [6, 6.07) is 6.35. The highest BCUT2D eigenvalue weighted by molar-refractivity contribution is 7.99. The number of aromatic nitrogens is 2. The van der Waals surface area contributed by atoms with E-state index in [-0.39, 0.29) is 12.4 Å². The van der Waals surface area contributed by atoms with E-state index in [4.69, 9.17) is 0 Å². The predicted molar refractivity (Wildman–Crippen MR) is 69.5 cm³/mol. The molecule has 0 aliphatic carbocycles. The van der Waals surface area contributed by atoms with E-state index in [1.807, 2.05) is 22.0 Å². The highest BCUT2D eigenvalue weighted by Crippen LogP contribution is 2.31. The molecular weight excluding hydrogens is 271 g/mol. The molecule has 0 radical (unpaired) electrons. The number of hydrogen-bond donors (Lipinski definition) is 1. The summed E-state index contributed by atoms with van der Waals surface area (Å²) in [5.41, 5.74) is 0.737. The molecule has 1 aromatic carbocycles. The van der Waals surface area contributed by atoms with Crippen molar-refractivity contribution in [1.82, 2.24) is 9.38 Å². The minimum atomic E-state index is -0.272. The lowest BCUT2D eigenvalue weighted by molar-refractivity contribution is 0.272. The molecule has 0 bridgehead atoms. The Balaban J connectivity index is 2.01. The number of aliphatic hydroxyl groups is 1. The Morgan fingerprint density at radius 2 is 2.33 bits per heavy atom. The SMILES string of the molecule is OCc1c(Sc2cccc(F)c2)nc2sccn12. The zero-order chi connectivity index (χ0) is 12.5. The number of rotatable bonds is 3. The largest absolute Gasteiger partial charge is 0.390 e. The van der Waals surface area contributed by atoms with Crippen molar-refractivity contribution >= 4 is 28.1 Å². The maximum absolute atomic E-state index is 13.1. The lowest BCUT2D eigenvalue weighted by Crippen LogP contribution is -1.90. The second-order valence-electron chi connectivity index (χ2n) is 3.64. The zero-order valence-electron chi connectivity index (χ0n) is 9.21. The van der Waals surface area contributed by atoms with Crippen LogP contribution in [0, 0.1) is 5.82 Å². The molecule has 2 heterocycles. The van der Waals surface area contributed by atoms with E-state index in [2.05, 4.69) is 4.98 Å². The number of benzene rings is 1. The third-order valence-corrected chi connectivity index (χ3v) is 4.25. The summed E-state index contributed by atoms with van der Waals surface area (Å²) >= 11 is 2.86. The summed E-state index contributed by atoms with van der Waals surface area (Å²) in [5.74, 6) is -0.272. The standard InChI is InChI=1S/C12H9FN2OS2/c13-8-2-1-3-9(6-8)18-11-10(7-16)15-4-5-17-12(15)14-11/h1-6,16H,7H2.